The van der Waals surface area contributed by atoms with E-state index in [0.29, 0.717) is 23.4 Å². The third kappa shape index (κ3) is 2.52. The van der Waals surface area contributed by atoms with Crippen molar-refractivity contribution in [3.05, 3.63) is 23.3 Å². The number of hydrogen-bond acceptors (Lipinski definition) is 4. The summed E-state index contributed by atoms with van der Waals surface area (Å²) < 4.78 is 0. The van der Waals surface area contributed by atoms with Crippen LogP contribution in [0.4, 0.5) is 11.4 Å². The minimum absolute atomic E-state index is 0. The van der Waals surface area contributed by atoms with Gasteiger partial charge in [-0.05, 0) is 24.1 Å². The molecule has 1 rings (SSSR count). The summed E-state index contributed by atoms with van der Waals surface area (Å²) in [6.07, 6.45) is 0.485. The molecule has 76 valence electrons. The highest BCUT2D eigenvalue weighted by Gasteiger charge is 2.04. The molecule has 0 heterocycles. The second-order valence-electron chi connectivity index (χ2n) is 2.73. The van der Waals surface area contributed by atoms with E-state index in [4.69, 9.17) is 21.8 Å². The lowest BCUT2D eigenvalue weighted by Crippen LogP contribution is -2.01. The summed E-state index contributed by atoms with van der Waals surface area (Å²) in [6.45, 7) is 0.0359. The number of aliphatic hydroxyl groups excluding tert-OH is 1. The Morgan fingerprint density at radius 1 is 1.36 bits per heavy atom. The Labute approximate surface area is 88.5 Å². The van der Waals surface area contributed by atoms with Crippen molar-refractivity contribution in [2.75, 3.05) is 18.1 Å². The number of nitrogen functional groups attached to an aromatic ring is 2. The smallest absolute Gasteiger partial charge is 0.101 e. The van der Waals surface area contributed by atoms with E-state index >= 15 is 0 Å². The second kappa shape index (κ2) is 5.32. The largest absolute Gasteiger partial charge is 0.397 e. The van der Waals surface area contributed by atoms with Gasteiger partial charge in [0.25, 0.3) is 0 Å². The van der Waals surface area contributed by atoms with Gasteiger partial charge in [-0.15, -0.1) is 12.4 Å². The molecule has 0 amide bonds. The standard InChI is InChI=1S/C9H11N3O.ClH/c10-5-7-3-6(1-2-13)4-8(11)9(7)12;/h3-4,13H,1-2,11-12H2;1H. The number of hydrogen-bond donors (Lipinski definition) is 3. The van der Waals surface area contributed by atoms with Crippen LogP contribution in [0, 0.1) is 11.3 Å². The zero-order valence-corrected chi connectivity index (χ0v) is 8.34. The SMILES string of the molecule is Cl.N#Cc1cc(CCO)cc(N)c1N. The molecule has 1 aromatic rings. The molecule has 0 aliphatic carbocycles. The maximum atomic E-state index is 8.69. The van der Waals surface area contributed by atoms with Gasteiger partial charge in [0, 0.05) is 6.61 Å². The van der Waals surface area contributed by atoms with E-state index in [2.05, 4.69) is 0 Å². The minimum Gasteiger partial charge on any atom is -0.397 e. The summed E-state index contributed by atoms with van der Waals surface area (Å²) in [4.78, 5) is 0. The van der Waals surface area contributed by atoms with Crippen LogP contribution in [-0.4, -0.2) is 11.7 Å². The molecule has 5 N–H and O–H groups in total. The molecular formula is C9H12ClN3O. The number of nitrogens with two attached hydrogens (primary N) is 2. The number of aliphatic hydroxyl groups is 1. The molecule has 0 radical (unpaired) electrons. The average Bonchev–Trinajstić information content (AvgIpc) is 2.11. The predicted octanol–water partition coefficient (Wildman–Crippen LogP) is 0.679. The van der Waals surface area contributed by atoms with Gasteiger partial charge in [-0.3, -0.25) is 0 Å². The number of nitrogens with zero attached hydrogens (tertiary/aromatic N) is 1. The van der Waals surface area contributed by atoms with Gasteiger partial charge in [0.1, 0.15) is 6.07 Å². The fourth-order valence-electron chi connectivity index (χ4n) is 1.10. The molecule has 4 nitrogen and oxygen atoms in total. The summed E-state index contributed by atoms with van der Waals surface area (Å²) >= 11 is 0. The molecule has 0 fully saturated rings. The molecule has 0 spiro atoms. The monoisotopic (exact) mass is 213 g/mol. The van der Waals surface area contributed by atoms with Gasteiger partial charge < -0.3 is 16.6 Å². The van der Waals surface area contributed by atoms with E-state index in [1.807, 2.05) is 6.07 Å². The third-order valence-corrected chi connectivity index (χ3v) is 1.79. The van der Waals surface area contributed by atoms with E-state index in [0.717, 1.165) is 5.56 Å². The van der Waals surface area contributed by atoms with E-state index in [1.165, 1.54) is 0 Å². The van der Waals surface area contributed by atoms with Crippen LogP contribution in [0.15, 0.2) is 12.1 Å². The number of rotatable bonds is 2. The first-order valence-electron chi connectivity index (χ1n) is 3.88. The first kappa shape index (κ1) is 12.6. The molecule has 0 aromatic heterocycles. The topological polar surface area (TPSA) is 96.1 Å². The number of anilines is 2. The molecule has 1 aromatic carbocycles. The highest BCUT2D eigenvalue weighted by Crippen LogP contribution is 2.21. The maximum absolute atomic E-state index is 8.69. The van der Waals surface area contributed by atoms with Crippen LogP contribution in [0.2, 0.25) is 0 Å². The highest BCUT2D eigenvalue weighted by atomic mass is 35.5. The normalized spacial score (nSPS) is 8.86. The quantitative estimate of drug-likeness (QED) is 0.630. The van der Waals surface area contributed by atoms with Gasteiger partial charge in [-0.25, -0.2) is 0 Å². The Balaban J connectivity index is 0.00000169. The average molecular weight is 214 g/mol. The van der Waals surface area contributed by atoms with E-state index in [9.17, 15) is 0 Å². The van der Waals surface area contributed by atoms with Crippen LogP contribution in [-0.2, 0) is 6.42 Å². The summed E-state index contributed by atoms with van der Waals surface area (Å²) in [5, 5.41) is 17.4. The van der Waals surface area contributed by atoms with Gasteiger partial charge in [0.2, 0.25) is 0 Å². The molecule has 0 saturated heterocycles. The molecule has 0 unspecified atom stereocenters. The fourth-order valence-corrected chi connectivity index (χ4v) is 1.10. The lowest BCUT2D eigenvalue weighted by atomic mass is 10.1. The van der Waals surface area contributed by atoms with E-state index in [1.54, 1.807) is 12.1 Å². The van der Waals surface area contributed by atoms with Crippen LogP contribution in [0.3, 0.4) is 0 Å². The van der Waals surface area contributed by atoms with Gasteiger partial charge in [0.05, 0.1) is 16.9 Å². The van der Waals surface area contributed by atoms with Gasteiger partial charge in [-0.1, -0.05) is 0 Å². The minimum atomic E-state index is 0. The summed E-state index contributed by atoms with van der Waals surface area (Å²) in [6, 6.07) is 5.26. The zero-order valence-electron chi connectivity index (χ0n) is 7.53. The third-order valence-electron chi connectivity index (χ3n) is 1.79. The Morgan fingerprint density at radius 3 is 2.50 bits per heavy atom. The number of halogens is 1. The van der Waals surface area contributed by atoms with Crippen LogP contribution < -0.4 is 11.5 Å². The van der Waals surface area contributed by atoms with Crippen LogP contribution >= 0.6 is 12.4 Å². The van der Waals surface area contributed by atoms with Gasteiger partial charge >= 0.3 is 0 Å². The van der Waals surface area contributed by atoms with Crippen molar-refractivity contribution in [1.29, 1.82) is 5.26 Å². The molecular weight excluding hydrogens is 202 g/mol. The van der Waals surface area contributed by atoms with Crippen molar-refractivity contribution in [1.82, 2.24) is 0 Å². The lowest BCUT2D eigenvalue weighted by molar-refractivity contribution is 0.299. The Kier molecular flexibility index (Phi) is 4.78. The molecule has 14 heavy (non-hydrogen) atoms. The Bertz CT molecular complexity index is 360. The molecule has 0 atom stereocenters. The zero-order chi connectivity index (χ0) is 9.84. The Morgan fingerprint density at radius 2 is 2.00 bits per heavy atom. The summed E-state index contributed by atoms with van der Waals surface area (Å²) in [5.74, 6) is 0. The van der Waals surface area contributed by atoms with Crippen LogP contribution in [0.25, 0.3) is 0 Å². The van der Waals surface area contributed by atoms with E-state index < -0.39 is 0 Å². The molecule has 0 saturated carbocycles. The molecule has 0 aliphatic rings. The summed E-state index contributed by atoms with van der Waals surface area (Å²) in [7, 11) is 0. The van der Waals surface area contributed by atoms with E-state index in [-0.39, 0.29) is 19.0 Å². The number of benzene rings is 1. The first-order chi connectivity index (χ1) is 6.19. The highest BCUT2D eigenvalue weighted by molar-refractivity contribution is 5.85. The van der Waals surface area contributed by atoms with Crippen molar-refractivity contribution in [3.63, 3.8) is 0 Å². The Hall–Kier alpha value is -1.44. The maximum Gasteiger partial charge on any atom is 0.101 e. The first-order valence-corrected chi connectivity index (χ1v) is 3.88. The molecule has 0 aliphatic heterocycles. The number of nitriles is 1. The van der Waals surface area contributed by atoms with Crippen molar-refractivity contribution < 1.29 is 5.11 Å². The van der Waals surface area contributed by atoms with Crippen LogP contribution in [0.1, 0.15) is 11.1 Å². The molecule has 5 heteroatoms. The molecule has 0 bridgehead atoms. The predicted molar refractivity (Wildman–Crippen MR) is 58.0 cm³/mol. The van der Waals surface area contributed by atoms with Gasteiger partial charge in [-0.2, -0.15) is 5.26 Å². The second-order valence-corrected chi connectivity index (χ2v) is 2.73. The van der Waals surface area contributed by atoms with Gasteiger partial charge in [0.15, 0.2) is 0 Å². The van der Waals surface area contributed by atoms with Crippen molar-refractivity contribution in [2.45, 2.75) is 6.42 Å². The van der Waals surface area contributed by atoms with Crippen LogP contribution in [0.5, 0.6) is 0 Å². The van der Waals surface area contributed by atoms with Crippen molar-refractivity contribution >= 4 is 23.8 Å². The summed E-state index contributed by atoms with van der Waals surface area (Å²) in [5.41, 5.74) is 13.0. The van der Waals surface area contributed by atoms with Crippen molar-refractivity contribution in [2.24, 2.45) is 0 Å². The fraction of sp³-hybridized carbons (Fsp3) is 0.222. The van der Waals surface area contributed by atoms with Crippen molar-refractivity contribution in [3.8, 4) is 6.07 Å². The lowest BCUT2D eigenvalue weighted by Gasteiger charge is -2.05.